The number of aryl methyl sites for hydroxylation is 1. The minimum absolute atomic E-state index is 0.0137. The zero-order valence-corrected chi connectivity index (χ0v) is 23.6. The molecule has 1 aromatic heterocycles. The number of hydrogen-bond donors (Lipinski definition) is 2. The van der Waals surface area contributed by atoms with Gasteiger partial charge in [0.05, 0.1) is 37.4 Å². The predicted molar refractivity (Wildman–Crippen MR) is 151 cm³/mol. The highest BCUT2D eigenvalue weighted by molar-refractivity contribution is 5.91. The monoisotopic (exact) mass is 571 g/mol. The zero-order chi connectivity index (χ0) is 29.3. The molecule has 0 radical (unpaired) electrons. The highest BCUT2D eigenvalue weighted by Crippen LogP contribution is 2.43. The number of rotatable bonds is 6. The molecule has 5 rings (SSSR count). The second-order valence-corrected chi connectivity index (χ2v) is 11.0. The molecule has 2 aromatic carbocycles. The third-order valence-corrected chi connectivity index (χ3v) is 8.16. The lowest BCUT2D eigenvalue weighted by atomic mass is 9.77. The molecular weight excluding hydrogens is 535 g/mol. The number of fused-ring (bicyclic) bond motifs is 1. The van der Waals surface area contributed by atoms with Crippen LogP contribution in [0.25, 0.3) is 10.9 Å². The largest absolute Gasteiger partial charge is 0.496 e. The standard InChI is InChI=1S/C30H36F3N5O3/c1-17(21-12-22(30(31,32)33)14-23(34)13-21)35-28-25-15-24(27(40-3)16-26(25)36-18(2)37-28)19-4-6-20(7-5-19)29(39)38-8-10-41-11-9-38/h12-17,19-20H,4-11,34H2,1-3H3,(H,35,36,37)/t17-,19-,20+/m1/s1. The molecule has 3 aromatic rings. The van der Waals surface area contributed by atoms with E-state index in [4.69, 9.17) is 15.2 Å². The van der Waals surface area contributed by atoms with Gasteiger partial charge in [-0.05, 0) is 80.8 Å². The number of morpholine rings is 1. The summed E-state index contributed by atoms with van der Waals surface area (Å²) in [5.74, 6) is 2.20. The van der Waals surface area contributed by atoms with E-state index >= 15 is 0 Å². The summed E-state index contributed by atoms with van der Waals surface area (Å²) in [4.78, 5) is 24.2. The van der Waals surface area contributed by atoms with Gasteiger partial charge in [0.2, 0.25) is 5.91 Å². The Bertz CT molecular complexity index is 1420. The van der Waals surface area contributed by atoms with Crippen molar-refractivity contribution in [2.45, 2.75) is 57.7 Å². The molecule has 220 valence electrons. The average molecular weight is 572 g/mol. The number of nitrogens with one attached hydrogen (secondary N) is 1. The first kappa shape index (κ1) is 28.9. The Labute approximate surface area is 237 Å². The number of anilines is 2. The van der Waals surface area contributed by atoms with E-state index in [1.54, 1.807) is 21.0 Å². The number of nitrogens with zero attached hydrogens (tertiary/aromatic N) is 3. The van der Waals surface area contributed by atoms with E-state index < -0.39 is 17.8 Å². The van der Waals surface area contributed by atoms with Crippen molar-refractivity contribution in [1.29, 1.82) is 0 Å². The summed E-state index contributed by atoms with van der Waals surface area (Å²) in [5, 5.41) is 4.05. The van der Waals surface area contributed by atoms with Crippen molar-refractivity contribution in [1.82, 2.24) is 14.9 Å². The van der Waals surface area contributed by atoms with Crippen LogP contribution in [-0.4, -0.2) is 54.2 Å². The van der Waals surface area contributed by atoms with Crippen LogP contribution in [0, 0.1) is 12.8 Å². The van der Waals surface area contributed by atoms with E-state index in [1.807, 2.05) is 17.0 Å². The lowest BCUT2D eigenvalue weighted by molar-refractivity contribution is -0.140. The molecule has 1 aliphatic carbocycles. The number of carbonyl (C=O) groups excluding carboxylic acids is 1. The van der Waals surface area contributed by atoms with Crippen LogP contribution in [0.2, 0.25) is 0 Å². The average Bonchev–Trinajstić information content (AvgIpc) is 2.95. The van der Waals surface area contributed by atoms with Gasteiger partial charge in [0.1, 0.15) is 17.4 Å². The summed E-state index contributed by atoms with van der Waals surface area (Å²) in [5.41, 5.74) is 7.15. The third kappa shape index (κ3) is 6.34. The number of alkyl halides is 3. The number of nitrogen functional groups attached to an aromatic ring is 1. The van der Waals surface area contributed by atoms with Crippen molar-refractivity contribution < 1.29 is 27.4 Å². The van der Waals surface area contributed by atoms with Gasteiger partial charge >= 0.3 is 6.18 Å². The molecule has 1 saturated heterocycles. The van der Waals surface area contributed by atoms with E-state index in [9.17, 15) is 18.0 Å². The molecule has 2 fully saturated rings. The number of carbonyl (C=O) groups is 1. The smallest absolute Gasteiger partial charge is 0.416 e. The zero-order valence-electron chi connectivity index (χ0n) is 23.6. The minimum atomic E-state index is -4.50. The maximum Gasteiger partial charge on any atom is 0.416 e. The Balaban J connectivity index is 1.41. The second kappa shape index (κ2) is 11.7. The summed E-state index contributed by atoms with van der Waals surface area (Å²) in [6, 6.07) is 6.98. The van der Waals surface area contributed by atoms with Crippen molar-refractivity contribution in [2.24, 2.45) is 5.92 Å². The molecular formula is C30H36F3N5O3. The quantitative estimate of drug-likeness (QED) is 0.358. The molecule has 2 aliphatic rings. The van der Waals surface area contributed by atoms with Gasteiger partial charge in [-0.1, -0.05) is 0 Å². The van der Waals surface area contributed by atoms with Gasteiger partial charge in [0, 0.05) is 36.1 Å². The van der Waals surface area contributed by atoms with Gasteiger partial charge in [0.15, 0.2) is 0 Å². The lowest BCUT2D eigenvalue weighted by Crippen LogP contribution is -2.44. The fourth-order valence-electron chi connectivity index (χ4n) is 5.97. The summed E-state index contributed by atoms with van der Waals surface area (Å²) >= 11 is 0. The van der Waals surface area contributed by atoms with Crippen molar-refractivity contribution in [3.8, 4) is 5.75 Å². The van der Waals surface area contributed by atoms with Crippen LogP contribution in [0.3, 0.4) is 0 Å². The van der Waals surface area contributed by atoms with Crippen LogP contribution in [0.1, 0.15) is 67.1 Å². The topological polar surface area (TPSA) is 103 Å². The van der Waals surface area contributed by atoms with Gasteiger partial charge in [-0.25, -0.2) is 9.97 Å². The SMILES string of the molecule is COc1cc2nc(C)nc(N[C@H](C)c3cc(N)cc(C(F)(F)F)c3)c2cc1[C@H]1CC[C@@H](C(=O)N2CCOCC2)CC1. The molecule has 1 saturated carbocycles. The van der Waals surface area contributed by atoms with Crippen molar-refractivity contribution in [3.05, 3.63) is 52.8 Å². The first-order chi connectivity index (χ1) is 19.5. The maximum atomic E-state index is 13.4. The summed E-state index contributed by atoms with van der Waals surface area (Å²) in [6.45, 7) is 6.02. The van der Waals surface area contributed by atoms with Crippen LogP contribution in [-0.2, 0) is 15.7 Å². The number of methoxy groups -OCH3 is 1. The fourth-order valence-corrected chi connectivity index (χ4v) is 5.97. The van der Waals surface area contributed by atoms with Crippen LogP contribution < -0.4 is 15.8 Å². The number of ether oxygens (including phenoxy) is 2. The van der Waals surface area contributed by atoms with E-state index in [0.717, 1.165) is 54.5 Å². The van der Waals surface area contributed by atoms with Gasteiger partial charge < -0.3 is 25.4 Å². The van der Waals surface area contributed by atoms with Gasteiger partial charge in [0.25, 0.3) is 0 Å². The first-order valence-corrected chi connectivity index (χ1v) is 14.0. The van der Waals surface area contributed by atoms with E-state index in [0.29, 0.717) is 49.0 Å². The fraction of sp³-hybridized carbons (Fsp3) is 0.500. The maximum absolute atomic E-state index is 13.4. The molecule has 2 heterocycles. The third-order valence-electron chi connectivity index (χ3n) is 8.16. The highest BCUT2D eigenvalue weighted by atomic mass is 19.4. The molecule has 41 heavy (non-hydrogen) atoms. The molecule has 0 spiro atoms. The van der Waals surface area contributed by atoms with Crippen LogP contribution in [0.15, 0.2) is 30.3 Å². The normalized spacial score (nSPS) is 20.6. The summed E-state index contributed by atoms with van der Waals surface area (Å²) in [6.07, 6.45) is -1.22. The Morgan fingerprint density at radius 1 is 1.10 bits per heavy atom. The first-order valence-electron chi connectivity index (χ1n) is 14.0. The number of halogens is 3. The predicted octanol–water partition coefficient (Wildman–Crippen LogP) is 5.85. The summed E-state index contributed by atoms with van der Waals surface area (Å²) in [7, 11) is 1.63. The summed E-state index contributed by atoms with van der Waals surface area (Å²) < 4.78 is 51.4. The molecule has 0 unspecified atom stereocenters. The van der Waals surface area contributed by atoms with E-state index in [1.165, 1.54) is 6.07 Å². The Morgan fingerprint density at radius 2 is 1.80 bits per heavy atom. The molecule has 1 amide bonds. The van der Waals surface area contributed by atoms with Crippen LogP contribution in [0.4, 0.5) is 24.7 Å². The number of aromatic nitrogens is 2. The van der Waals surface area contributed by atoms with E-state index in [-0.39, 0.29) is 23.4 Å². The molecule has 8 nitrogen and oxygen atoms in total. The van der Waals surface area contributed by atoms with Crippen LogP contribution in [0.5, 0.6) is 5.75 Å². The van der Waals surface area contributed by atoms with E-state index in [2.05, 4.69) is 15.3 Å². The van der Waals surface area contributed by atoms with Crippen LogP contribution >= 0.6 is 0 Å². The molecule has 3 N–H and O–H groups in total. The number of amides is 1. The van der Waals surface area contributed by atoms with Crippen molar-refractivity contribution >= 4 is 28.3 Å². The number of nitrogens with two attached hydrogens (primary N) is 1. The van der Waals surface area contributed by atoms with Crippen molar-refractivity contribution in [2.75, 3.05) is 44.5 Å². The molecule has 1 atom stereocenters. The highest BCUT2D eigenvalue weighted by Gasteiger charge is 2.33. The van der Waals surface area contributed by atoms with Gasteiger partial charge in [-0.2, -0.15) is 13.2 Å². The molecule has 0 bridgehead atoms. The van der Waals surface area contributed by atoms with Crippen molar-refractivity contribution in [3.63, 3.8) is 0 Å². The van der Waals surface area contributed by atoms with Gasteiger partial charge in [-0.15, -0.1) is 0 Å². The number of hydrogen-bond acceptors (Lipinski definition) is 7. The number of benzene rings is 2. The molecule has 11 heteroatoms. The Hall–Kier alpha value is -3.60. The Morgan fingerprint density at radius 3 is 2.46 bits per heavy atom. The minimum Gasteiger partial charge on any atom is -0.496 e. The van der Waals surface area contributed by atoms with Gasteiger partial charge in [-0.3, -0.25) is 4.79 Å². The molecule has 1 aliphatic heterocycles. The lowest BCUT2D eigenvalue weighted by Gasteiger charge is -2.34. The Kier molecular flexibility index (Phi) is 8.26. The second-order valence-electron chi connectivity index (χ2n) is 11.0.